The SMILES string of the molecule is COc1ccc(-c2cc(C(=O)OCC(=O)Nc3ccc(Oc4ccccc4)cc3)c3ccccc3n2)cc1. The van der Waals surface area contributed by atoms with E-state index in [1.165, 1.54) is 0 Å². The highest BCUT2D eigenvalue weighted by Gasteiger charge is 2.17. The number of carbonyl (C=O) groups excluding carboxylic acids is 2. The number of hydrogen-bond acceptors (Lipinski definition) is 6. The lowest BCUT2D eigenvalue weighted by Gasteiger charge is -2.11. The monoisotopic (exact) mass is 504 g/mol. The second-order valence-electron chi connectivity index (χ2n) is 8.36. The Kier molecular flexibility index (Phi) is 7.27. The fraction of sp³-hybridized carbons (Fsp3) is 0.0645. The number of rotatable bonds is 8. The Bertz CT molecular complexity index is 1570. The predicted octanol–water partition coefficient (Wildman–Crippen LogP) is 6.50. The maximum absolute atomic E-state index is 13.1. The van der Waals surface area contributed by atoms with Gasteiger partial charge >= 0.3 is 5.97 Å². The molecule has 1 N–H and O–H groups in total. The second kappa shape index (κ2) is 11.3. The highest BCUT2D eigenvalue weighted by molar-refractivity contribution is 6.05. The van der Waals surface area contributed by atoms with Crippen molar-refractivity contribution in [2.45, 2.75) is 0 Å². The van der Waals surface area contributed by atoms with Crippen molar-refractivity contribution in [1.29, 1.82) is 0 Å². The first kappa shape index (κ1) is 24.5. The molecule has 1 heterocycles. The summed E-state index contributed by atoms with van der Waals surface area (Å²) in [5, 5.41) is 3.37. The van der Waals surface area contributed by atoms with Crippen molar-refractivity contribution in [3.05, 3.63) is 115 Å². The average Bonchev–Trinajstić information content (AvgIpc) is 2.97. The van der Waals surface area contributed by atoms with E-state index in [-0.39, 0.29) is 0 Å². The number of nitrogens with one attached hydrogen (secondary N) is 1. The molecule has 0 spiro atoms. The van der Waals surface area contributed by atoms with Crippen LogP contribution in [0.25, 0.3) is 22.2 Å². The fourth-order valence-corrected chi connectivity index (χ4v) is 3.89. The third-order valence-electron chi connectivity index (χ3n) is 5.77. The number of benzene rings is 4. The zero-order valence-electron chi connectivity index (χ0n) is 20.6. The van der Waals surface area contributed by atoms with Gasteiger partial charge in [-0.3, -0.25) is 4.79 Å². The van der Waals surface area contributed by atoms with E-state index in [0.717, 1.165) is 17.1 Å². The van der Waals surface area contributed by atoms with Crippen LogP contribution >= 0.6 is 0 Å². The number of para-hydroxylation sites is 2. The zero-order chi connectivity index (χ0) is 26.3. The van der Waals surface area contributed by atoms with Gasteiger partial charge in [0, 0.05) is 16.6 Å². The number of anilines is 1. The van der Waals surface area contributed by atoms with E-state index in [1.54, 1.807) is 43.5 Å². The zero-order valence-corrected chi connectivity index (χ0v) is 20.6. The van der Waals surface area contributed by atoms with E-state index in [9.17, 15) is 9.59 Å². The standard InChI is InChI=1S/C31H24N2O5/c1-36-23-15-11-21(12-16-23)29-19-27(26-9-5-6-10-28(26)33-29)31(35)37-20-30(34)32-22-13-17-25(18-14-22)38-24-7-3-2-4-8-24/h2-19H,20H2,1H3,(H,32,34). The van der Waals surface area contributed by atoms with Crippen molar-refractivity contribution in [1.82, 2.24) is 4.98 Å². The van der Waals surface area contributed by atoms with Crippen LogP contribution in [0.1, 0.15) is 10.4 Å². The number of fused-ring (bicyclic) bond motifs is 1. The number of carbonyl (C=O) groups is 2. The number of amides is 1. The van der Waals surface area contributed by atoms with Gasteiger partial charge in [0.25, 0.3) is 5.91 Å². The van der Waals surface area contributed by atoms with E-state index in [0.29, 0.717) is 33.6 Å². The topological polar surface area (TPSA) is 86.8 Å². The lowest BCUT2D eigenvalue weighted by Crippen LogP contribution is -2.21. The molecule has 0 aliphatic heterocycles. The molecule has 5 rings (SSSR count). The minimum Gasteiger partial charge on any atom is -0.497 e. The van der Waals surface area contributed by atoms with Crippen LogP contribution < -0.4 is 14.8 Å². The number of esters is 1. The molecule has 0 radical (unpaired) electrons. The number of ether oxygens (including phenoxy) is 3. The molecular weight excluding hydrogens is 480 g/mol. The van der Waals surface area contributed by atoms with E-state index >= 15 is 0 Å². The molecule has 7 heteroatoms. The van der Waals surface area contributed by atoms with E-state index in [1.807, 2.05) is 72.8 Å². The molecule has 0 atom stereocenters. The van der Waals surface area contributed by atoms with Gasteiger partial charge < -0.3 is 19.5 Å². The van der Waals surface area contributed by atoms with Crippen LogP contribution in [-0.2, 0) is 9.53 Å². The molecule has 5 aromatic rings. The van der Waals surface area contributed by atoms with Crippen molar-refractivity contribution in [2.75, 3.05) is 19.0 Å². The normalized spacial score (nSPS) is 10.6. The molecule has 0 unspecified atom stereocenters. The molecule has 1 amide bonds. The summed E-state index contributed by atoms with van der Waals surface area (Å²) < 4.78 is 16.4. The van der Waals surface area contributed by atoms with Crippen LogP contribution in [0.4, 0.5) is 5.69 Å². The van der Waals surface area contributed by atoms with Crippen LogP contribution in [0.15, 0.2) is 109 Å². The summed E-state index contributed by atoms with van der Waals surface area (Å²) in [6.45, 7) is -0.435. The molecule has 0 aliphatic carbocycles. The number of aromatic nitrogens is 1. The van der Waals surface area contributed by atoms with Gasteiger partial charge in [-0.15, -0.1) is 0 Å². The summed E-state index contributed by atoms with van der Waals surface area (Å²) in [6, 6.07) is 32.7. The number of methoxy groups -OCH3 is 1. The van der Waals surface area contributed by atoms with Crippen LogP contribution in [0.3, 0.4) is 0 Å². The van der Waals surface area contributed by atoms with Gasteiger partial charge in [0.15, 0.2) is 6.61 Å². The first-order valence-corrected chi connectivity index (χ1v) is 11.9. The van der Waals surface area contributed by atoms with Gasteiger partial charge in [-0.2, -0.15) is 0 Å². The minimum atomic E-state index is -0.611. The highest BCUT2D eigenvalue weighted by Crippen LogP contribution is 2.27. The van der Waals surface area contributed by atoms with E-state index in [2.05, 4.69) is 5.32 Å². The van der Waals surface area contributed by atoms with Gasteiger partial charge in [-0.25, -0.2) is 9.78 Å². The van der Waals surface area contributed by atoms with Crippen LogP contribution in [0.5, 0.6) is 17.2 Å². The van der Waals surface area contributed by atoms with Crippen molar-refractivity contribution < 1.29 is 23.8 Å². The van der Waals surface area contributed by atoms with Crippen molar-refractivity contribution in [2.24, 2.45) is 0 Å². The van der Waals surface area contributed by atoms with Gasteiger partial charge in [0.1, 0.15) is 17.2 Å². The molecule has 38 heavy (non-hydrogen) atoms. The lowest BCUT2D eigenvalue weighted by molar-refractivity contribution is -0.119. The first-order chi connectivity index (χ1) is 18.6. The Morgan fingerprint density at radius 1 is 0.763 bits per heavy atom. The molecule has 0 fully saturated rings. The Morgan fingerprint density at radius 2 is 1.42 bits per heavy atom. The van der Waals surface area contributed by atoms with Crippen LogP contribution in [0.2, 0.25) is 0 Å². The fourth-order valence-electron chi connectivity index (χ4n) is 3.89. The molecular formula is C31H24N2O5. The first-order valence-electron chi connectivity index (χ1n) is 11.9. The van der Waals surface area contributed by atoms with Gasteiger partial charge in [0.2, 0.25) is 0 Å². The molecule has 188 valence electrons. The molecule has 4 aromatic carbocycles. The van der Waals surface area contributed by atoms with Crippen LogP contribution in [-0.4, -0.2) is 30.6 Å². The summed E-state index contributed by atoms with van der Waals surface area (Å²) in [7, 11) is 1.60. The predicted molar refractivity (Wildman–Crippen MR) is 146 cm³/mol. The van der Waals surface area contributed by atoms with Crippen molar-refractivity contribution in [3.8, 4) is 28.5 Å². The van der Waals surface area contributed by atoms with Crippen molar-refractivity contribution >= 4 is 28.5 Å². The number of pyridine rings is 1. The van der Waals surface area contributed by atoms with E-state index in [4.69, 9.17) is 19.2 Å². The maximum atomic E-state index is 13.1. The second-order valence-corrected chi connectivity index (χ2v) is 8.36. The molecule has 7 nitrogen and oxygen atoms in total. The molecule has 0 bridgehead atoms. The third kappa shape index (κ3) is 5.79. The summed E-state index contributed by atoms with van der Waals surface area (Å²) in [4.78, 5) is 30.2. The Morgan fingerprint density at radius 3 is 2.16 bits per heavy atom. The number of nitrogens with zero attached hydrogens (tertiary/aromatic N) is 1. The Balaban J connectivity index is 1.26. The summed E-state index contributed by atoms with van der Waals surface area (Å²) in [5.41, 5.74) is 2.97. The minimum absolute atomic E-state index is 0.330. The third-order valence-corrected chi connectivity index (χ3v) is 5.77. The van der Waals surface area contributed by atoms with E-state index < -0.39 is 18.5 Å². The number of hydrogen-bond donors (Lipinski definition) is 1. The Labute approximate surface area is 219 Å². The van der Waals surface area contributed by atoms with Gasteiger partial charge in [-0.05, 0) is 72.8 Å². The van der Waals surface area contributed by atoms with Crippen molar-refractivity contribution in [3.63, 3.8) is 0 Å². The highest BCUT2D eigenvalue weighted by atomic mass is 16.5. The summed E-state index contributed by atoms with van der Waals surface area (Å²) >= 11 is 0. The molecule has 1 aromatic heterocycles. The summed E-state index contributed by atoms with van der Waals surface area (Å²) in [6.07, 6.45) is 0. The molecule has 0 saturated carbocycles. The quantitative estimate of drug-likeness (QED) is 0.243. The summed E-state index contributed by atoms with van der Waals surface area (Å²) in [5.74, 6) is 1.01. The molecule has 0 saturated heterocycles. The smallest absolute Gasteiger partial charge is 0.339 e. The Hall–Kier alpha value is -5.17. The van der Waals surface area contributed by atoms with Crippen LogP contribution in [0, 0.1) is 0 Å². The molecule has 0 aliphatic rings. The average molecular weight is 505 g/mol. The van der Waals surface area contributed by atoms with Gasteiger partial charge in [0.05, 0.1) is 23.9 Å². The van der Waals surface area contributed by atoms with Gasteiger partial charge in [-0.1, -0.05) is 36.4 Å². The largest absolute Gasteiger partial charge is 0.497 e. The lowest BCUT2D eigenvalue weighted by atomic mass is 10.0. The maximum Gasteiger partial charge on any atom is 0.339 e.